The number of fused-ring (bicyclic) bond motifs is 2. The number of nitrogens with one attached hydrogen (secondary N) is 6. The number of thioether (sulfide) groups is 1. The van der Waals surface area contributed by atoms with E-state index in [2.05, 4.69) is 69.3 Å². The van der Waals surface area contributed by atoms with Crippen LogP contribution in [0, 0.1) is 24.7 Å². The molecule has 79 heavy (non-hydrogen) atoms. The van der Waals surface area contributed by atoms with Crippen LogP contribution in [-0.4, -0.2) is 122 Å². The second-order valence-electron chi connectivity index (χ2n) is 20.4. The summed E-state index contributed by atoms with van der Waals surface area (Å²) in [7, 11) is 0. The molecule has 6 N–H and O–H groups in total. The number of halogens is 4. The number of aryl methyl sites for hydroxylation is 1. The van der Waals surface area contributed by atoms with Crippen LogP contribution >= 0.6 is 34.7 Å². The molecule has 2 aromatic heterocycles. The fourth-order valence-electron chi connectivity index (χ4n) is 10.5. The number of likely N-dealkylation sites (tertiary alicyclic amines) is 1. The van der Waals surface area contributed by atoms with Crippen molar-refractivity contribution in [3.05, 3.63) is 129 Å². The minimum atomic E-state index is -4.36. The van der Waals surface area contributed by atoms with Gasteiger partial charge in [0.15, 0.2) is 0 Å². The number of aliphatic imine (C=N–C) groups is 1. The molecule has 0 spiro atoms. The average Bonchev–Trinajstić information content (AvgIpc) is 4.12. The highest BCUT2D eigenvalue weighted by Crippen LogP contribution is 2.40. The van der Waals surface area contributed by atoms with Gasteiger partial charge in [0.05, 0.1) is 44.2 Å². The van der Waals surface area contributed by atoms with Crippen molar-refractivity contribution in [2.75, 3.05) is 80.9 Å². The van der Waals surface area contributed by atoms with E-state index < -0.39 is 12.7 Å². The van der Waals surface area contributed by atoms with Crippen molar-refractivity contribution in [3.8, 4) is 11.3 Å². The van der Waals surface area contributed by atoms with Crippen LogP contribution < -0.4 is 26.2 Å². The molecule has 4 heterocycles. The van der Waals surface area contributed by atoms with E-state index >= 15 is 0 Å². The zero-order chi connectivity index (χ0) is 56.1. The van der Waals surface area contributed by atoms with Crippen LogP contribution in [0.15, 0.2) is 107 Å². The van der Waals surface area contributed by atoms with Crippen LogP contribution in [0.5, 0.6) is 0 Å². The van der Waals surface area contributed by atoms with Crippen molar-refractivity contribution in [2.45, 2.75) is 109 Å². The number of hydrogen-bond donors (Lipinski definition) is 6. The Hall–Kier alpha value is -5.73. The first kappa shape index (κ1) is 59.4. The molecule has 1 saturated carbocycles. The van der Waals surface area contributed by atoms with E-state index in [1.807, 2.05) is 73.0 Å². The van der Waals surface area contributed by atoms with Gasteiger partial charge in [-0.3, -0.25) is 25.5 Å². The van der Waals surface area contributed by atoms with Gasteiger partial charge in [-0.15, -0.1) is 23.1 Å². The highest BCUT2D eigenvalue weighted by molar-refractivity contribution is 7.98. The maximum absolute atomic E-state index is 14.0. The standard InChI is InChI=1S/C43H57F3N6O3S.C17H17ClN4S/c1-31(53)47-20-24-54-26-27-55-25-23-51-21-18-37(19-22-51)49-35-10-12-36(13-11-35)50-40-4-3-5-41-39(40)28-42(52(41)30-43(44,45)46)33-8-6-32(7-9-33)29-48-34-14-16-38(56-2)17-15-34;1-9-10(2)23-17-15(9)16(12-4-6-13(18)7-5-12)21-8-14(20)22(17)11(3)19/h3-9,14-17,28,35-37,48-50H,10-13,18-27,29-30H2,1-2H3,(H,47,53);4-7,19-20H,8H2,1-3H3. The largest absolute Gasteiger partial charge is 0.406 e. The Labute approximate surface area is 476 Å². The SMILES string of the molecule is CC(=N)N1C(=N)CN=C(c2ccc(Cl)cc2)c2c1sc(C)c2C.CSc1ccc(NCc2ccc(-c3cc4c(NC5CCC(NC6CCN(CCOCCOCCNC(C)=O)CC6)CC5)cccc4n3CC(F)(F)F)cc2)cc1. The predicted octanol–water partition coefficient (Wildman–Crippen LogP) is 12.8. The van der Waals surface area contributed by atoms with Crippen LogP contribution in [0.2, 0.25) is 5.02 Å². The van der Waals surface area contributed by atoms with E-state index in [1.54, 1.807) is 41.0 Å². The van der Waals surface area contributed by atoms with Crippen molar-refractivity contribution in [2.24, 2.45) is 4.99 Å². The van der Waals surface area contributed by atoms with Gasteiger partial charge < -0.3 is 40.2 Å². The number of piperidine rings is 1. The Morgan fingerprint density at radius 2 is 1.51 bits per heavy atom. The Kier molecular flexibility index (Phi) is 21.1. The highest BCUT2D eigenvalue weighted by Gasteiger charge is 2.32. The number of anilines is 3. The molecule has 13 nitrogen and oxygen atoms in total. The predicted molar refractivity (Wildman–Crippen MR) is 321 cm³/mol. The lowest BCUT2D eigenvalue weighted by molar-refractivity contribution is -0.139. The van der Waals surface area contributed by atoms with Gasteiger partial charge in [0.1, 0.15) is 23.2 Å². The van der Waals surface area contributed by atoms with Gasteiger partial charge in [0.2, 0.25) is 5.91 Å². The minimum Gasteiger partial charge on any atom is -0.382 e. The maximum Gasteiger partial charge on any atom is 0.406 e. The Balaban J connectivity index is 0.000000296. The molecule has 0 bridgehead atoms. The summed E-state index contributed by atoms with van der Waals surface area (Å²) in [4.78, 5) is 22.1. The number of carbonyl (C=O) groups excluding carboxylic acids is 1. The molecular weight excluding hydrogens is 1070 g/mol. The van der Waals surface area contributed by atoms with E-state index in [1.165, 1.54) is 21.3 Å². The fourth-order valence-corrected chi connectivity index (χ4v) is 12.2. The summed E-state index contributed by atoms with van der Waals surface area (Å²) >= 11 is 9.31. The minimum absolute atomic E-state index is 0.0503. The third-order valence-corrected chi connectivity index (χ3v) is 16.9. The van der Waals surface area contributed by atoms with Crippen molar-refractivity contribution in [3.63, 3.8) is 0 Å². The molecule has 1 saturated heterocycles. The molecule has 422 valence electrons. The number of amidine groups is 2. The summed E-state index contributed by atoms with van der Waals surface area (Å²) in [6.45, 7) is 13.0. The number of benzene rings is 4. The van der Waals surface area contributed by atoms with E-state index in [4.69, 9.17) is 31.9 Å². The normalized spacial score (nSPS) is 17.2. The molecule has 19 heteroatoms. The van der Waals surface area contributed by atoms with Gasteiger partial charge in [0.25, 0.3) is 0 Å². The number of carbonyl (C=O) groups is 1. The van der Waals surface area contributed by atoms with Gasteiger partial charge in [-0.1, -0.05) is 54.1 Å². The number of ether oxygens (including phenoxy) is 2. The maximum atomic E-state index is 14.0. The molecule has 4 aromatic carbocycles. The molecule has 0 unspecified atom stereocenters. The first-order valence-corrected chi connectivity index (χ1v) is 29.6. The third kappa shape index (κ3) is 16.5. The van der Waals surface area contributed by atoms with Crippen LogP contribution in [0.3, 0.4) is 0 Å². The molecule has 3 aliphatic rings. The second-order valence-corrected chi connectivity index (χ2v) is 23.0. The lowest BCUT2D eigenvalue weighted by Gasteiger charge is -2.37. The number of hydrogen-bond acceptors (Lipinski definition) is 12. The van der Waals surface area contributed by atoms with Crippen molar-refractivity contribution >= 4 is 85.3 Å². The Morgan fingerprint density at radius 3 is 2.16 bits per heavy atom. The quantitative estimate of drug-likeness (QED) is 0.0190. The summed E-state index contributed by atoms with van der Waals surface area (Å²) in [5, 5.41) is 32.5. The smallest absolute Gasteiger partial charge is 0.382 e. The monoisotopic (exact) mass is 1140 g/mol. The second kappa shape index (κ2) is 28.1. The summed E-state index contributed by atoms with van der Waals surface area (Å²) in [5.41, 5.74) is 8.88. The molecule has 0 radical (unpaired) electrons. The molecule has 1 amide bonds. The summed E-state index contributed by atoms with van der Waals surface area (Å²) < 4.78 is 54.5. The molecule has 6 aromatic rings. The van der Waals surface area contributed by atoms with Gasteiger partial charge in [-0.05, 0) is 150 Å². The van der Waals surface area contributed by atoms with E-state index in [0.29, 0.717) is 79.5 Å². The zero-order valence-electron chi connectivity index (χ0n) is 45.8. The highest BCUT2D eigenvalue weighted by atomic mass is 35.5. The number of aromatic nitrogens is 1. The first-order chi connectivity index (χ1) is 38.0. The summed E-state index contributed by atoms with van der Waals surface area (Å²) in [5.74, 6) is 0.611. The summed E-state index contributed by atoms with van der Waals surface area (Å²) in [6.07, 6.45) is 4.09. The number of thiophene rings is 1. The topological polar surface area (TPSA) is 155 Å². The van der Waals surface area contributed by atoms with E-state index in [-0.39, 0.29) is 18.5 Å². The lowest BCUT2D eigenvalue weighted by Crippen LogP contribution is -2.48. The number of rotatable bonds is 20. The number of amides is 1. The van der Waals surface area contributed by atoms with Crippen LogP contribution in [0.25, 0.3) is 22.2 Å². The van der Waals surface area contributed by atoms with Crippen LogP contribution in [-0.2, 0) is 27.4 Å². The molecule has 9 rings (SSSR count). The molecule has 0 atom stereocenters. The number of nitrogens with zero attached hydrogens (tertiary/aromatic N) is 4. The van der Waals surface area contributed by atoms with Crippen LogP contribution in [0.1, 0.15) is 79.5 Å². The molecule has 2 aliphatic heterocycles. The Bertz CT molecular complexity index is 3020. The summed E-state index contributed by atoms with van der Waals surface area (Å²) in [6, 6.07) is 32.5. The van der Waals surface area contributed by atoms with Crippen molar-refractivity contribution in [1.82, 2.24) is 20.1 Å². The van der Waals surface area contributed by atoms with Gasteiger partial charge in [0, 0.05) is 93.1 Å². The van der Waals surface area contributed by atoms with Crippen LogP contribution in [0.4, 0.5) is 29.5 Å². The van der Waals surface area contributed by atoms with Gasteiger partial charge >= 0.3 is 6.18 Å². The van der Waals surface area contributed by atoms with Crippen molar-refractivity contribution < 1.29 is 27.4 Å². The molecule has 2 fully saturated rings. The van der Waals surface area contributed by atoms with E-state index in [9.17, 15) is 18.0 Å². The van der Waals surface area contributed by atoms with Crippen molar-refractivity contribution in [1.29, 1.82) is 10.8 Å². The Morgan fingerprint density at radius 1 is 0.848 bits per heavy atom. The number of alkyl halides is 3. The molecule has 1 aliphatic carbocycles. The molecular formula is C60H74ClF3N10O3S2. The lowest BCUT2D eigenvalue weighted by atomic mass is 9.89. The van der Waals surface area contributed by atoms with Gasteiger partial charge in [-0.2, -0.15) is 13.2 Å². The van der Waals surface area contributed by atoms with Gasteiger partial charge in [-0.25, -0.2) is 0 Å². The first-order valence-electron chi connectivity index (χ1n) is 27.2. The zero-order valence-corrected chi connectivity index (χ0v) is 48.2. The van der Waals surface area contributed by atoms with E-state index in [0.717, 1.165) is 113 Å². The average molecular weight is 1140 g/mol. The third-order valence-electron chi connectivity index (χ3n) is 14.7. The fraction of sp³-hybridized carbons (Fsp3) is 0.433.